The van der Waals surface area contributed by atoms with E-state index in [1.165, 1.54) is 6.20 Å². The Hall–Kier alpha value is -5.70. The van der Waals surface area contributed by atoms with Crippen molar-refractivity contribution in [2.75, 3.05) is 29.0 Å². The number of pyridine rings is 1. The SMILES string of the molecule is O=C(Nc1ccc2cc1CCc1cncc(c1)Nc1ncc(Cl)c(n1)N2)N1CCC(S(=O)(=O)c2ccccc2)C1.O=C(O)C(F)(F)F.O=C(O)C(F)(F)F. The number of hydrogen-bond acceptors (Lipinski definition) is 10. The molecule has 2 aromatic heterocycles. The number of aliphatic carboxylic acids is 2. The first-order valence-electron chi connectivity index (χ1n) is 15.3. The number of rotatable bonds is 3. The van der Waals surface area contributed by atoms with E-state index in [9.17, 15) is 39.6 Å². The molecule has 2 aliphatic heterocycles. The second-order valence-corrected chi connectivity index (χ2v) is 14.0. The molecule has 1 fully saturated rings. The van der Waals surface area contributed by atoms with Crippen LogP contribution in [0.2, 0.25) is 5.02 Å². The van der Waals surface area contributed by atoms with Gasteiger partial charge in [0.15, 0.2) is 15.7 Å². The van der Waals surface area contributed by atoms with E-state index in [1.807, 2.05) is 24.3 Å². The number of likely N-dealkylation sites (tertiary alicyclic amines) is 1. The van der Waals surface area contributed by atoms with Gasteiger partial charge in [0, 0.05) is 30.7 Å². The van der Waals surface area contributed by atoms with Crippen LogP contribution >= 0.6 is 11.6 Å². The van der Waals surface area contributed by atoms with Crippen LogP contribution in [0.3, 0.4) is 0 Å². The van der Waals surface area contributed by atoms with Gasteiger partial charge in [-0.3, -0.25) is 4.98 Å². The molecular formula is C32H28ClF6N7O7S. The average molecular weight is 804 g/mol. The summed E-state index contributed by atoms with van der Waals surface area (Å²) < 4.78 is 89.6. The van der Waals surface area contributed by atoms with Gasteiger partial charge in [0.25, 0.3) is 0 Å². The predicted octanol–water partition coefficient (Wildman–Crippen LogP) is 6.46. The van der Waals surface area contributed by atoms with Crippen LogP contribution < -0.4 is 16.0 Å². The first-order valence-corrected chi connectivity index (χ1v) is 17.2. The number of carboxylic acid groups (broad SMARTS) is 2. The summed E-state index contributed by atoms with van der Waals surface area (Å²) in [4.78, 5) is 46.0. The highest BCUT2D eigenvalue weighted by atomic mass is 35.5. The van der Waals surface area contributed by atoms with Gasteiger partial charge in [-0.15, -0.1) is 0 Å². The number of urea groups is 1. The number of halogens is 7. The number of carboxylic acids is 2. The van der Waals surface area contributed by atoms with Crippen molar-refractivity contribution in [2.45, 2.75) is 41.8 Å². The van der Waals surface area contributed by atoms with E-state index in [4.69, 9.17) is 31.4 Å². The highest BCUT2D eigenvalue weighted by molar-refractivity contribution is 7.92. The minimum Gasteiger partial charge on any atom is -0.475 e. The lowest BCUT2D eigenvalue weighted by Crippen LogP contribution is -2.35. The van der Waals surface area contributed by atoms with Crippen LogP contribution in [0.1, 0.15) is 17.5 Å². The Morgan fingerprint density at radius 3 is 2.15 bits per heavy atom. The van der Waals surface area contributed by atoms with Crippen LogP contribution in [0, 0.1) is 0 Å². The fourth-order valence-electron chi connectivity index (χ4n) is 4.92. The van der Waals surface area contributed by atoms with Crippen LogP contribution in [0.5, 0.6) is 0 Å². The predicted molar refractivity (Wildman–Crippen MR) is 182 cm³/mol. The Bertz CT molecular complexity index is 2090. The smallest absolute Gasteiger partial charge is 0.475 e. The Balaban J connectivity index is 0.000000396. The number of benzene rings is 2. The number of fused-ring (bicyclic) bond motifs is 6. The van der Waals surface area contributed by atoms with Crippen molar-refractivity contribution < 1.29 is 59.4 Å². The molecule has 22 heteroatoms. The molecular weight excluding hydrogens is 776 g/mol. The van der Waals surface area contributed by atoms with Crippen molar-refractivity contribution in [3.8, 4) is 0 Å². The van der Waals surface area contributed by atoms with E-state index in [0.717, 1.165) is 22.5 Å². The molecule has 288 valence electrons. The summed E-state index contributed by atoms with van der Waals surface area (Å²) in [6, 6.07) is 15.6. The van der Waals surface area contributed by atoms with E-state index in [1.54, 1.807) is 47.6 Å². The fraction of sp³-hybridized carbons (Fsp3) is 0.250. The van der Waals surface area contributed by atoms with E-state index >= 15 is 0 Å². The highest BCUT2D eigenvalue weighted by Gasteiger charge is 2.39. The maximum atomic E-state index is 13.3. The molecule has 1 atom stereocenters. The highest BCUT2D eigenvalue weighted by Crippen LogP contribution is 2.30. The number of hydrogen-bond donors (Lipinski definition) is 5. The molecule has 0 spiro atoms. The van der Waals surface area contributed by atoms with Gasteiger partial charge in [0.1, 0.15) is 5.02 Å². The van der Waals surface area contributed by atoms with Crippen LogP contribution in [-0.4, -0.2) is 87.1 Å². The lowest BCUT2D eigenvalue weighted by atomic mass is 10.0. The molecule has 2 aliphatic rings. The van der Waals surface area contributed by atoms with Gasteiger partial charge in [-0.2, -0.15) is 31.3 Å². The molecule has 2 aromatic carbocycles. The van der Waals surface area contributed by atoms with Crippen LogP contribution in [0.15, 0.2) is 78.1 Å². The number of alkyl halides is 6. The lowest BCUT2D eigenvalue weighted by molar-refractivity contribution is -0.193. The van der Waals surface area contributed by atoms with Crippen LogP contribution in [0.4, 0.5) is 60.0 Å². The van der Waals surface area contributed by atoms with Crippen molar-refractivity contribution in [1.82, 2.24) is 19.9 Å². The normalized spacial score (nSPS) is 15.2. The number of nitrogens with zero attached hydrogens (tertiary/aromatic N) is 4. The molecule has 54 heavy (non-hydrogen) atoms. The molecule has 6 rings (SSSR count). The Morgan fingerprint density at radius 1 is 0.870 bits per heavy atom. The summed E-state index contributed by atoms with van der Waals surface area (Å²) in [6.45, 7) is 0.496. The summed E-state index contributed by atoms with van der Waals surface area (Å²) in [5.74, 6) is -4.69. The second-order valence-electron chi connectivity index (χ2n) is 11.3. The lowest BCUT2D eigenvalue weighted by Gasteiger charge is -2.20. The first kappa shape index (κ1) is 41.1. The number of aryl methyl sites for hydroxylation is 2. The van der Waals surface area contributed by atoms with E-state index in [0.29, 0.717) is 48.3 Å². The van der Waals surface area contributed by atoms with Gasteiger partial charge in [-0.25, -0.2) is 27.8 Å². The molecule has 6 bridgehead atoms. The monoisotopic (exact) mass is 803 g/mol. The zero-order valence-electron chi connectivity index (χ0n) is 27.3. The minimum absolute atomic E-state index is 0.137. The van der Waals surface area contributed by atoms with Gasteiger partial charge in [-0.05, 0) is 66.8 Å². The van der Waals surface area contributed by atoms with E-state index < -0.39 is 39.4 Å². The van der Waals surface area contributed by atoms with Gasteiger partial charge in [0.2, 0.25) is 5.95 Å². The molecule has 0 radical (unpaired) electrons. The molecule has 0 aliphatic carbocycles. The van der Waals surface area contributed by atoms with E-state index in [-0.39, 0.29) is 17.5 Å². The van der Waals surface area contributed by atoms with Crippen molar-refractivity contribution >= 4 is 68.2 Å². The second kappa shape index (κ2) is 17.0. The number of carbonyl (C=O) groups is 3. The van der Waals surface area contributed by atoms with Crippen molar-refractivity contribution in [1.29, 1.82) is 0 Å². The van der Waals surface area contributed by atoms with Crippen molar-refractivity contribution in [2.24, 2.45) is 0 Å². The third-order valence-corrected chi connectivity index (χ3v) is 9.98. The van der Waals surface area contributed by atoms with Gasteiger partial charge in [-0.1, -0.05) is 29.8 Å². The Morgan fingerprint density at radius 2 is 1.52 bits per heavy atom. The standard InChI is InChI=1S/C28H26ClN7O3S.2C2HF3O2/c29-24-16-31-27-33-21-12-18(14-30-15-21)6-7-19-13-20(32-26(24)35-27)8-9-25(19)34-28(37)36-11-10-23(17-36)40(38,39)22-4-2-1-3-5-22;2*3-2(4,5)1(6)7/h1-5,8-9,12-16,23H,6-7,10-11,17H2,(H,34,37)(H2,31,32,33,35);2*(H,6,7). The number of anilines is 5. The summed E-state index contributed by atoms with van der Waals surface area (Å²) >= 11 is 6.36. The fourth-order valence-corrected chi connectivity index (χ4v) is 6.77. The molecule has 5 N–H and O–H groups in total. The largest absolute Gasteiger partial charge is 0.490 e. The zero-order valence-corrected chi connectivity index (χ0v) is 28.9. The van der Waals surface area contributed by atoms with Gasteiger partial charge >= 0.3 is 30.3 Å². The number of nitrogens with one attached hydrogen (secondary N) is 3. The van der Waals surface area contributed by atoms with Crippen molar-refractivity contribution in [3.05, 3.63) is 89.3 Å². The summed E-state index contributed by atoms with van der Waals surface area (Å²) in [7, 11) is -3.53. The third kappa shape index (κ3) is 11.2. The molecule has 1 saturated heterocycles. The van der Waals surface area contributed by atoms with Gasteiger partial charge < -0.3 is 31.1 Å². The molecule has 4 heterocycles. The maximum absolute atomic E-state index is 13.3. The number of amides is 2. The quantitative estimate of drug-likeness (QED) is 0.142. The molecule has 4 aromatic rings. The number of carbonyl (C=O) groups excluding carboxylic acids is 1. The zero-order chi connectivity index (χ0) is 39.8. The van der Waals surface area contributed by atoms with Crippen LogP contribution in [-0.2, 0) is 32.3 Å². The maximum Gasteiger partial charge on any atom is 0.490 e. The number of aromatic nitrogens is 3. The Kier molecular flexibility index (Phi) is 12.9. The molecule has 14 nitrogen and oxygen atoms in total. The molecule has 0 saturated carbocycles. The number of sulfone groups is 1. The summed E-state index contributed by atoms with van der Waals surface area (Å²) in [5, 5.41) is 23.4. The van der Waals surface area contributed by atoms with Gasteiger partial charge in [0.05, 0.1) is 28.2 Å². The average Bonchev–Trinajstić information content (AvgIpc) is 3.62. The van der Waals surface area contributed by atoms with E-state index in [2.05, 4.69) is 30.9 Å². The summed E-state index contributed by atoms with van der Waals surface area (Å²) in [6.07, 6.45) is -3.46. The third-order valence-electron chi connectivity index (χ3n) is 7.52. The Labute approximate surface area is 307 Å². The summed E-state index contributed by atoms with van der Waals surface area (Å²) in [5.41, 5.74) is 4.05. The first-order chi connectivity index (χ1) is 25.2. The molecule has 2 amide bonds. The molecule has 1 unspecified atom stereocenters. The topological polar surface area (TPSA) is 204 Å². The minimum atomic E-state index is -5.08. The van der Waals surface area contributed by atoms with Crippen molar-refractivity contribution in [3.63, 3.8) is 0 Å². The van der Waals surface area contributed by atoms with Crippen LogP contribution in [0.25, 0.3) is 0 Å².